The predicted molar refractivity (Wildman–Crippen MR) is 119 cm³/mol. The van der Waals surface area contributed by atoms with Gasteiger partial charge in [0.1, 0.15) is 5.69 Å². The van der Waals surface area contributed by atoms with Crippen molar-refractivity contribution in [3.05, 3.63) is 100 Å². The maximum atomic E-state index is 12.5. The molecule has 0 aliphatic heterocycles. The SMILES string of the molecule is CCOc1cc(C=Cc2[nH]c(=O)[nH]c(=O)c2[N+](=O)[O-])ccc1OC(=O)c1cccc([N+](=O)[O-])c1. The van der Waals surface area contributed by atoms with Crippen LogP contribution in [0.4, 0.5) is 11.4 Å². The summed E-state index contributed by atoms with van der Waals surface area (Å²) < 4.78 is 10.8. The maximum absolute atomic E-state index is 12.5. The Kier molecular flexibility index (Phi) is 6.96. The van der Waals surface area contributed by atoms with Crippen molar-refractivity contribution in [2.45, 2.75) is 6.92 Å². The van der Waals surface area contributed by atoms with Crippen LogP contribution in [0.5, 0.6) is 11.5 Å². The molecule has 0 fully saturated rings. The van der Waals surface area contributed by atoms with Crippen LogP contribution >= 0.6 is 0 Å². The second-order valence-electron chi connectivity index (χ2n) is 6.60. The van der Waals surface area contributed by atoms with Crippen LogP contribution in [-0.4, -0.2) is 32.4 Å². The van der Waals surface area contributed by atoms with Crippen molar-refractivity contribution in [3.63, 3.8) is 0 Å². The molecule has 174 valence electrons. The lowest BCUT2D eigenvalue weighted by Gasteiger charge is -2.11. The summed E-state index contributed by atoms with van der Waals surface area (Å²) in [4.78, 5) is 60.2. The molecular weight excluding hydrogens is 452 g/mol. The van der Waals surface area contributed by atoms with E-state index < -0.39 is 32.8 Å². The summed E-state index contributed by atoms with van der Waals surface area (Å²) in [5, 5.41) is 22.1. The first-order valence-electron chi connectivity index (χ1n) is 9.62. The maximum Gasteiger partial charge on any atom is 0.357 e. The normalized spacial score (nSPS) is 10.7. The van der Waals surface area contributed by atoms with Gasteiger partial charge in [-0.2, -0.15) is 0 Å². The number of H-pyrrole nitrogens is 2. The van der Waals surface area contributed by atoms with E-state index in [1.54, 1.807) is 11.9 Å². The highest BCUT2D eigenvalue weighted by Gasteiger charge is 2.19. The molecule has 0 spiro atoms. The van der Waals surface area contributed by atoms with Crippen molar-refractivity contribution in [1.29, 1.82) is 0 Å². The van der Waals surface area contributed by atoms with Crippen molar-refractivity contribution < 1.29 is 24.1 Å². The molecule has 0 aliphatic carbocycles. The third-order valence-electron chi connectivity index (χ3n) is 4.33. The number of aromatic nitrogens is 2. The van der Waals surface area contributed by atoms with Gasteiger partial charge in [0.25, 0.3) is 5.69 Å². The van der Waals surface area contributed by atoms with Gasteiger partial charge in [-0.05, 0) is 36.8 Å². The van der Waals surface area contributed by atoms with Crippen molar-refractivity contribution in [1.82, 2.24) is 9.97 Å². The summed E-state index contributed by atoms with van der Waals surface area (Å²) in [7, 11) is 0. The van der Waals surface area contributed by atoms with E-state index in [9.17, 15) is 34.6 Å². The number of nitrogens with one attached hydrogen (secondary N) is 2. The number of nitro benzene ring substituents is 1. The number of ether oxygens (including phenoxy) is 2. The van der Waals surface area contributed by atoms with E-state index in [0.29, 0.717) is 5.56 Å². The van der Waals surface area contributed by atoms with Gasteiger partial charge >= 0.3 is 22.9 Å². The Balaban J connectivity index is 1.91. The van der Waals surface area contributed by atoms with E-state index in [1.165, 1.54) is 48.6 Å². The first-order chi connectivity index (χ1) is 16.2. The number of esters is 1. The largest absolute Gasteiger partial charge is 0.490 e. The topological polar surface area (TPSA) is 188 Å². The van der Waals surface area contributed by atoms with Crippen molar-refractivity contribution in [2.24, 2.45) is 0 Å². The summed E-state index contributed by atoms with van der Waals surface area (Å²) in [5.74, 6) is -0.659. The third-order valence-corrected chi connectivity index (χ3v) is 4.33. The molecule has 3 aromatic rings. The summed E-state index contributed by atoms with van der Waals surface area (Å²) in [6.07, 6.45) is 2.56. The molecule has 2 aromatic carbocycles. The molecular formula is C21H16N4O9. The molecule has 3 rings (SSSR count). The standard InChI is InChI=1S/C21H16N4O9/c1-2-33-17-10-12(6-8-15-18(25(31)32)19(26)23-21(28)22-15)7-9-16(17)34-20(27)13-4-3-5-14(11-13)24(29)30/h3-11H,2H2,1H3,(H2,22,23,26,28). The molecule has 1 aromatic heterocycles. The van der Waals surface area contributed by atoms with Crippen LogP contribution in [0.3, 0.4) is 0 Å². The fraction of sp³-hybridized carbons (Fsp3) is 0.0952. The molecule has 0 atom stereocenters. The van der Waals surface area contributed by atoms with E-state index in [0.717, 1.165) is 6.07 Å². The van der Waals surface area contributed by atoms with Crippen LogP contribution in [0, 0.1) is 20.2 Å². The van der Waals surface area contributed by atoms with Crippen LogP contribution in [0.1, 0.15) is 28.5 Å². The van der Waals surface area contributed by atoms with Crippen LogP contribution in [0.25, 0.3) is 12.2 Å². The van der Waals surface area contributed by atoms with Gasteiger partial charge in [-0.25, -0.2) is 9.59 Å². The van der Waals surface area contributed by atoms with E-state index in [-0.39, 0.29) is 35.1 Å². The number of aromatic amines is 2. The fourth-order valence-corrected chi connectivity index (χ4v) is 2.86. The molecule has 13 heteroatoms. The quantitative estimate of drug-likeness (QED) is 0.217. The third kappa shape index (κ3) is 5.40. The van der Waals surface area contributed by atoms with Crippen molar-refractivity contribution in [2.75, 3.05) is 6.61 Å². The second-order valence-corrected chi connectivity index (χ2v) is 6.60. The molecule has 0 radical (unpaired) electrons. The zero-order valence-corrected chi connectivity index (χ0v) is 17.5. The molecule has 0 bridgehead atoms. The monoisotopic (exact) mass is 468 g/mol. The minimum absolute atomic E-state index is 0.0334. The van der Waals surface area contributed by atoms with Crippen LogP contribution in [0.15, 0.2) is 52.1 Å². The minimum atomic E-state index is -1.15. The first kappa shape index (κ1) is 23.6. The Hall–Kier alpha value is -5.07. The van der Waals surface area contributed by atoms with Gasteiger partial charge < -0.3 is 14.5 Å². The van der Waals surface area contributed by atoms with Gasteiger partial charge in [-0.3, -0.25) is 30.0 Å². The van der Waals surface area contributed by atoms with Gasteiger partial charge in [0.15, 0.2) is 11.5 Å². The molecule has 13 nitrogen and oxygen atoms in total. The summed E-state index contributed by atoms with van der Waals surface area (Å²) in [6, 6.07) is 9.39. The highest BCUT2D eigenvalue weighted by atomic mass is 16.6. The average molecular weight is 468 g/mol. The molecule has 2 N–H and O–H groups in total. The first-order valence-corrected chi connectivity index (χ1v) is 9.62. The summed E-state index contributed by atoms with van der Waals surface area (Å²) in [6.45, 7) is 1.90. The Bertz CT molecular complexity index is 1420. The minimum Gasteiger partial charge on any atom is -0.490 e. The van der Waals surface area contributed by atoms with Gasteiger partial charge in [-0.1, -0.05) is 18.2 Å². The van der Waals surface area contributed by atoms with Crippen LogP contribution < -0.4 is 20.7 Å². The number of nitro groups is 2. The number of benzene rings is 2. The van der Waals surface area contributed by atoms with Crippen molar-refractivity contribution >= 4 is 29.5 Å². The lowest BCUT2D eigenvalue weighted by molar-refractivity contribution is -0.386. The van der Waals surface area contributed by atoms with Crippen LogP contribution in [-0.2, 0) is 0 Å². The fourth-order valence-electron chi connectivity index (χ4n) is 2.86. The second kappa shape index (κ2) is 10.0. The van der Waals surface area contributed by atoms with Gasteiger partial charge in [0.2, 0.25) is 0 Å². The van der Waals surface area contributed by atoms with Gasteiger partial charge in [0, 0.05) is 12.1 Å². The van der Waals surface area contributed by atoms with Gasteiger partial charge in [-0.15, -0.1) is 0 Å². The number of hydrogen-bond acceptors (Lipinski definition) is 9. The van der Waals surface area contributed by atoms with Crippen LogP contribution in [0.2, 0.25) is 0 Å². The van der Waals surface area contributed by atoms with E-state index >= 15 is 0 Å². The highest BCUT2D eigenvalue weighted by molar-refractivity contribution is 5.92. The Morgan fingerprint density at radius 1 is 1.00 bits per heavy atom. The molecule has 0 unspecified atom stereocenters. The van der Waals surface area contributed by atoms with Gasteiger partial charge in [0.05, 0.1) is 22.0 Å². The highest BCUT2D eigenvalue weighted by Crippen LogP contribution is 2.30. The van der Waals surface area contributed by atoms with Crippen molar-refractivity contribution in [3.8, 4) is 11.5 Å². The number of carbonyl (C=O) groups excluding carboxylic acids is 1. The van der Waals surface area contributed by atoms with E-state index in [4.69, 9.17) is 9.47 Å². The Labute approximate surface area is 189 Å². The molecule has 34 heavy (non-hydrogen) atoms. The lowest BCUT2D eigenvalue weighted by Crippen LogP contribution is -2.25. The number of nitrogens with zero attached hydrogens (tertiary/aromatic N) is 2. The zero-order valence-electron chi connectivity index (χ0n) is 17.5. The molecule has 0 saturated carbocycles. The van der Waals surface area contributed by atoms with E-state index in [2.05, 4.69) is 4.98 Å². The molecule has 0 aliphatic rings. The summed E-state index contributed by atoms with van der Waals surface area (Å²) in [5.41, 5.74) is -3.06. The number of rotatable bonds is 8. The summed E-state index contributed by atoms with van der Waals surface area (Å²) >= 11 is 0. The Morgan fingerprint density at radius 3 is 2.44 bits per heavy atom. The number of hydrogen-bond donors (Lipinski definition) is 2. The smallest absolute Gasteiger partial charge is 0.357 e. The predicted octanol–water partition coefficient (Wildman–Crippen LogP) is 2.67. The number of carbonyl (C=O) groups is 1. The average Bonchev–Trinajstić information content (AvgIpc) is 2.78. The lowest BCUT2D eigenvalue weighted by atomic mass is 10.1. The van der Waals surface area contributed by atoms with E-state index in [1.807, 2.05) is 0 Å². The molecule has 0 saturated heterocycles. The molecule has 1 heterocycles. The zero-order chi connectivity index (χ0) is 24.8. The Morgan fingerprint density at radius 2 is 1.76 bits per heavy atom. The number of non-ortho nitro benzene ring substituents is 1. The molecule has 0 amide bonds.